The molecule has 0 bridgehead atoms. The van der Waals surface area contributed by atoms with E-state index in [0.29, 0.717) is 12.2 Å². The summed E-state index contributed by atoms with van der Waals surface area (Å²) in [4.78, 5) is 5.33. The molecule has 0 heterocycles. The quantitative estimate of drug-likeness (QED) is 0.206. The largest absolute Gasteiger partial charge is 0.488 e. The first-order chi connectivity index (χ1) is 13.7. The average Bonchev–Trinajstić information content (AvgIpc) is 2.72. The minimum Gasteiger partial charge on any atom is -0.488 e. The van der Waals surface area contributed by atoms with E-state index in [4.69, 9.17) is 14.8 Å². The lowest BCUT2D eigenvalue weighted by molar-refractivity contribution is 0.132. The Morgan fingerprint density at radius 3 is 2.57 bits per heavy atom. The van der Waals surface area contributed by atoms with Crippen LogP contribution in [0.2, 0.25) is 0 Å². The van der Waals surface area contributed by atoms with Crippen LogP contribution in [-0.4, -0.2) is 6.21 Å². The Labute approximate surface area is 186 Å². The third-order valence-electron chi connectivity index (χ3n) is 3.90. The van der Waals surface area contributed by atoms with E-state index in [-0.39, 0.29) is 6.61 Å². The Hall–Kier alpha value is -2.37. The summed E-state index contributed by atoms with van der Waals surface area (Å²) in [5.74, 6) is 0.824. The fourth-order valence-electron chi connectivity index (χ4n) is 2.42. The summed E-state index contributed by atoms with van der Waals surface area (Å²) >= 11 is 5.67. The summed E-state index contributed by atoms with van der Waals surface area (Å²) in [5, 5.41) is 13.1. The zero-order chi connectivity index (χ0) is 19.8. The molecule has 0 atom stereocenters. The Balaban J connectivity index is 1.55. The highest BCUT2D eigenvalue weighted by atomic mass is 127. The van der Waals surface area contributed by atoms with Gasteiger partial charge in [-0.1, -0.05) is 51.4 Å². The molecule has 0 saturated carbocycles. The Bertz CT molecular complexity index is 1010. The van der Waals surface area contributed by atoms with Gasteiger partial charge < -0.3 is 9.57 Å². The third-order valence-corrected chi connectivity index (χ3v) is 5.27. The van der Waals surface area contributed by atoms with Crippen LogP contribution in [0.4, 0.5) is 0 Å². The van der Waals surface area contributed by atoms with Crippen LogP contribution in [0.5, 0.6) is 5.75 Å². The van der Waals surface area contributed by atoms with Gasteiger partial charge in [0, 0.05) is 10.0 Å². The van der Waals surface area contributed by atoms with Crippen molar-refractivity contribution in [1.29, 1.82) is 5.26 Å². The first-order valence-corrected chi connectivity index (χ1v) is 10.3. The van der Waals surface area contributed by atoms with Gasteiger partial charge in [-0.25, -0.2) is 0 Å². The minimum atomic E-state index is 0.256. The fraction of sp³-hybridized carbons (Fsp3) is 0.0909. The van der Waals surface area contributed by atoms with E-state index in [1.54, 1.807) is 12.3 Å². The molecule has 0 spiro atoms. The molecule has 3 rings (SSSR count). The summed E-state index contributed by atoms with van der Waals surface area (Å²) < 4.78 is 7.94. The number of nitrogens with zero attached hydrogens (tertiary/aromatic N) is 2. The van der Waals surface area contributed by atoms with Crippen molar-refractivity contribution < 1.29 is 9.57 Å². The summed E-state index contributed by atoms with van der Waals surface area (Å²) in [5.41, 5.74) is 3.43. The van der Waals surface area contributed by atoms with Crippen molar-refractivity contribution in [1.82, 2.24) is 0 Å². The fourth-order valence-corrected chi connectivity index (χ4v) is 3.38. The number of nitriles is 1. The van der Waals surface area contributed by atoms with Crippen molar-refractivity contribution in [2.75, 3.05) is 0 Å². The van der Waals surface area contributed by atoms with Crippen molar-refractivity contribution in [2.45, 2.75) is 13.2 Å². The van der Waals surface area contributed by atoms with Gasteiger partial charge in [0.15, 0.2) is 0 Å². The van der Waals surface area contributed by atoms with Gasteiger partial charge in [0.05, 0.1) is 21.4 Å². The number of benzene rings is 3. The van der Waals surface area contributed by atoms with E-state index in [1.165, 1.54) is 0 Å². The van der Waals surface area contributed by atoms with Crippen molar-refractivity contribution in [3.8, 4) is 11.8 Å². The summed E-state index contributed by atoms with van der Waals surface area (Å²) in [6.45, 7) is 0.768. The van der Waals surface area contributed by atoms with Crippen LogP contribution in [0.1, 0.15) is 22.3 Å². The normalized spacial score (nSPS) is 10.6. The second-order valence-corrected chi connectivity index (χ2v) is 7.96. The maximum atomic E-state index is 9.08. The van der Waals surface area contributed by atoms with Gasteiger partial charge in [-0.05, 0) is 70.1 Å². The topological polar surface area (TPSA) is 54.6 Å². The average molecular weight is 547 g/mol. The molecule has 0 aliphatic rings. The molecule has 0 saturated heterocycles. The molecule has 0 N–H and O–H groups in total. The molecule has 0 aliphatic carbocycles. The SMILES string of the molecule is N#Cc1ccccc1CO/N=C\c1ccc(OCc2ccc(Br)cc2)c(I)c1. The lowest BCUT2D eigenvalue weighted by Crippen LogP contribution is -1.97. The van der Waals surface area contributed by atoms with Crippen molar-refractivity contribution >= 4 is 44.7 Å². The van der Waals surface area contributed by atoms with E-state index >= 15 is 0 Å². The van der Waals surface area contributed by atoms with E-state index in [9.17, 15) is 0 Å². The van der Waals surface area contributed by atoms with Crippen LogP contribution in [-0.2, 0) is 18.1 Å². The van der Waals surface area contributed by atoms with Crippen molar-refractivity contribution in [3.63, 3.8) is 0 Å². The number of rotatable bonds is 7. The van der Waals surface area contributed by atoms with Crippen LogP contribution in [0.25, 0.3) is 0 Å². The molecule has 3 aromatic rings. The minimum absolute atomic E-state index is 0.256. The molecule has 4 nitrogen and oxygen atoms in total. The maximum Gasteiger partial charge on any atom is 0.143 e. The van der Waals surface area contributed by atoms with Crippen LogP contribution >= 0.6 is 38.5 Å². The molecule has 0 amide bonds. The first kappa shape index (κ1) is 20.4. The standard InChI is InChI=1S/C22H16BrIN2O2/c23-20-8-5-16(6-9-20)14-27-22-10-7-17(11-21(22)24)13-26-28-15-19-4-2-1-3-18(19)12-25/h1-11,13H,14-15H2/b26-13-. The van der Waals surface area contributed by atoms with Gasteiger partial charge >= 0.3 is 0 Å². The monoisotopic (exact) mass is 546 g/mol. The molecular weight excluding hydrogens is 531 g/mol. The van der Waals surface area contributed by atoms with Gasteiger partial charge in [-0.3, -0.25) is 0 Å². The molecule has 0 unspecified atom stereocenters. The Morgan fingerprint density at radius 1 is 1.04 bits per heavy atom. The van der Waals surface area contributed by atoms with Crippen molar-refractivity contribution in [3.05, 3.63) is 97.0 Å². The highest BCUT2D eigenvalue weighted by Crippen LogP contribution is 2.23. The summed E-state index contributed by atoms with van der Waals surface area (Å²) in [6, 6.07) is 23.3. The molecule has 0 aromatic heterocycles. The van der Waals surface area contributed by atoms with E-state index in [1.807, 2.05) is 60.7 Å². The smallest absolute Gasteiger partial charge is 0.143 e. The van der Waals surface area contributed by atoms with Gasteiger partial charge in [0.1, 0.15) is 19.0 Å². The maximum absolute atomic E-state index is 9.08. The molecule has 3 aromatic carbocycles. The lowest BCUT2D eigenvalue weighted by atomic mass is 10.1. The molecule has 28 heavy (non-hydrogen) atoms. The van der Waals surface area contributed by atoms with Crippen LogP contribution in [0.15, 0.2) is 76.4 Å². The first-order valence-electron chi connectivity index (χ1n) is 8.46. The number of hydrogen-bond donors (Lipinski definition) is 0. The predicted octanol–water partition coefficient (Wildman–Crippen LogP) is 6.06. The second kappa shape index (κ2) is 10.2. The second-order valence-electron chi connectivity index (χ2n) is 5.88. The zero-order valence-corrected chi connectivity index (χ0v) is 18.6. The van der Waals surface area contributed by atoms with E-state index < -0.39 is 0 Å². The zero-order valence-electron chi connectivity index (χ0n) is 14.8. The number of oxime groups is 1. The number of hydrogen-bond acceptors (Lipinski definition) is 4. The highest BCUT2D eigenvalue weighted by Gasteiger charge is 2.04. The molecule has 0 radical (unpaired) electrons. The van der Waals surface area contributed by atoms with Gasteiger partial charge in [0.25, 0.3) is 0 Å². The molecule has 140 valence electrons. The number of ether oxygens (including phenoxy) is 1. The van der Waals surface area contributed by atoms with Crippen LogP contribution in [0, 0.1) is 14.9 Å². The van der Waals surface area contributed by atoms with Gasteiger partial charge in [-0.15, -0.1) is 0 Å². The molecule has 6 heteroatoms. The van der Waals surface area contributed by atoms with E-state index in [0.717, 1.165) is 30.5 Å². The highest BCUT2D eigenvalue weighted by molar-refractivity contribution is 14.1. The number of halogens is 2. The summed E-state index contributed by atoms with van der Waals surface area (Å²) in [6.07, 6.45) is 1.65. The van der Waals surface area contributed by atoms with Crippen LogP contribution in [0.3, 0.4) is 0 Å². The van der Waals surface area contributed by atoms with Crippen LogP contribution < -0.4 is 4.74 Å². The molecule has 0 fully saturated rings. The Kier molecular flexibility index (Phi) is 7.46. The van der Waals surface area contributed by atoms with Crippen molar-refractivity contribution in [2.24, 2.45) is 5.16 Å². The molecular formula is C22H16BrIN2O2. The van der Waals surface area contributed by atoms with Gasteiger partial charge in [0.2, 0.25) is 0 Å². The predicted molar refractivity (Wildman–Crippen MR) is 121 cm³/mol. The van der Waals surface area contributed by atoms with E-state index in [2.05, 4.69) is 49.7 Å². The molecule has 0 aliphatic heterocycles. The third kappa shape index (κ3) is 5.81. The summed E-state index contributed by atoms with van der Waals surface area (Å²) in [7, 11) is 0. The van der Waals surface area contributed by atoms with Gasteiger partial charge in [-0.2, -0.15) is 5.26 Å². The lowest BCUT2D eigenvalue weighted by Gasteiger charge is -2.09. The Morgan fingerprint density at radius 2 is 1.82 bits per heavy atom.